The summed E-state index contributed by atoms with van der Waals surface area (Å²) in [5.41, 5.74) is 0.452. The number of rotatable bonds is 7. The number of fused-ring (bicyclic) bond motifs is 1. The van der Waals surface area contributed by atoms with Gasteiger partial charge >= 0.3 is 0 Å². The zero-order valence-corrected chi connectivity index (χ0v) is 19.0. The summed E-state index contributed by atoms with van der Waals surface area (Å²) in [7, 11) is 1.52. The Morgan fingerprint density at radius 1 is 1.18 bits per heavy atom. The molecule has 0 bridgehead atoms. The smallest absolute Gasteiger partial charge is 0.262 e. The van der Waals surface area contributed by atoms with Gasteiger partial charge in [0.05, 0.1) is 36.6 Å². The van der Waals surface area contributed by atoms with E-state index in [-0.39, 0.29) is 17.9 Å². The molecule has 2 amide bonds. The summed E-state index contributed by atoms with van der Waals surface area (Å²) in [6.45, 7) is 0.145. The molecule has 2 aromatic heterocycles. The van der Waals surface area contributed by atoms with Crippen LogP contribution in [-0.4, -0.2) is 34.2 Å². The third-order valence-corrected chi connectivity index (χ3v) is 5.93. The number of nitrogens with one attached hydrogen (secondary N) is 1. The first-order valence-corrected chi connectivity index (χ1v) is 11.1. The van der Waals surface area contributed by atoms with Crippen molar-refractivity contribution in [2.24, 2.45) is 0 Å². The van der Waals surface area contributed by atoms with Crippen LogP contribution in [0.25, 0.3) is 10.9 Å². The Bertz CT molecular complexity index is 1370. The number of hydrogen-bond acceptors (Lipinski definition) is 7. The molecule has 0 atom stereocenters. The summed E-state index contributed by atoms with van der Waals surface area (Å²) < 4.78 is 11.9. The van der Waals surface area contributed by atoms with Gasteiger partial charge in [-0.05, 0) is 54.6 Å². The molecule has 0 fully saturated rings. The van der Waals surface area contributed by atoms with Crippen LogP contribution < -0.4 is 15.6 Å². The Kier molecular flexibility index (Phi) is 6.81. The average Bonchev–Trinajstić information content (AvgIpc) is 3.33. The first-order chi connectivity index (χ1) is 15.9. The van der Waals surface area contributed by atoms with Gasteiger partial charge in [0, 0.05) is 10.6 Å². The normalized spacial score (nSPS) is 10.8. The SMILES string of the molecule is COc1ccc(C(=O)NC(=O)CSc2nc3cc(Cl)ccc3c(=O)n2Cc2ccco2)cc1. The molecular weight excluding hydrogens is 466 g/mol. The largest absolute Gasteiger partial charge is 0.497 e. The fourth-order valence-corrected chi connectivity index (χ4v) is 4.05. The maximum atomic E-state index is 13.1. The second-order valence-corrected chi connectivity index (χ2v) is 8.30. The number of methoxy groups -OCH3 is 1. The average molecular weight is 484 g/mol. The van der Waals surface area contributed by atoms with E-state index >= 15 is 0 Å². The number of ether oxygens (including phenoxy) is 1. The highest BCUT2D eigenvalue weighted by molar-refractivity contribution is 7.99. The maximum Gasteiger partial charge on any atom is 0.262 e. The number of carbonyl (C=O) groups excluding carboxylic acids is 2. The van der Waals surface area contributed by atoms with Crippen molar-refractivity contribution < 1.29 is 18.7 Å². The van der Waals surface area contributed by atoms with Gasteiger partial charge in [0.1, 0.15) is 11.5 Å². The fourth-order valence-electron chi connectivity index (χ4n) is 3.09. The van der Waals surface area contributed by atoms with Crippen LogP contribution in [0.4, 0.5) is 0 Å². The van der Waals surface area contributed by atoms with Crippen LogP contribution in [0.3, 0.4) is 0 Å². The molecule has 0 saturated heterocycles. The van der Waals surface area contributed by atoms with Gasteiger partial charge in [-0.1, -0.05) is 23.4 Å². The Balaban J connectivity index is 1.54. The van der Waals surface area contributed by atoms with E-state index < -0.39 is 11.8 Å². The molecule has 0 aliphatic heterocycles. The molecule has 10 heteroatoms. The van der Waals surface area contributed by atoms with Crippen molar-refractivity contribution in [2.75, 3.05) is 12.9 Å². The number of amides is 2. The van der Waals surface area contributed by atoms with E-state index in [4.69, 9.17) is 20.8 Å². The van der Waals surface area contributed by atoms with Crippen LogP contribution in [-0.2, 0) is 11.3 Å². The summed E-state index contributed by atoms with van der Waals surface area (Å²) >= 11 is 7.10. The van der Waals surface area contributed by atoms with E-state index in [2.05, 4.69) is 10.3 Å². The number of benzene rings is 2. The quantitative estimate of drug-likeness (QED) is 0.315. The third kappa shape index (κ3) is 5.27. The van der Waals surface area contributed by atoms with Gasteiger partial charge in [0.25, 0.3) is 11.5 Å². The fraction of sp³-hybridized carbons (Fsp3) is 0.130. The van der Waals surface area contributed by atoms with Crippen molar-refractivity contribution in [1.29, 1.82) is 0 Å². The minimum Gasteiger partial charge on any atom is -0.497 e. The highest BCUT2D eigenvalue weighted by atomic mass is 35.5. The third-order valence-electron chi connectivity index (χ3n) is 4.71. The number of carbonyl (C=O) groups is 2. The van der Waals surface area contributed by atoms with Gasteiger partial charge in [-0.3, -0.25) is 24.3 Å². The van der Waals surface area contributed by atoms with Crippen LogP contribution in [0, 0.1) is 0 Å². The molecule has 2 heterocycles. The number of hydrogen-bond donors (Lipinski definition) is 1. The monoisotopic (exact) mass is 483 g/mol. The molecule has 4 rings (SSSR count). The van der Waals surface area contributed by atoms with Crippen LogP contribution in [0.15, 0.2) is 75.2 Å². The lowest BCUT2D eigenvalue weighted by molar-refractivity contribution is -0.117. The van der Waals surface area contributed by atoms with E-state index in [9.17, 15) is 14.4 Å². The summed E-state index contributed by atoms with van der Waals surface area (Å²) in [5.74, 6) is -0.0163. The summed E-state index contributed by atoms with van der Waals surface area (Å²) in [4.78, 5) is 42.4. The molecule has 2 aromatic carbocycles. The molecule has 0 unspecified atom stereocenters. The highest BCUT2D eigenvalue weighted by Crippen LogP contribution is 2.21. The molecule has 0 aliphatic rings. The van der Waals surface area contributed by atoms with E-state index in [1.165, 1.54) is 17.9 Å². The lowest BCUT2D eigenvalue weighted by atomic mass is 10.2. The summed E-state index contributed by atoms with van der Waals surface area (Å²) in [5, 5.41) is 3.48. The van der Waals surface area contributed by atoms with Crippen molar-refractivity contribution in [3.63, 3.8) is 0 Å². The minimum absolute atomic E-state index is 0.126. The van der Waals surface area contributed by atoms with Crippen LogP contribution in [0.2, 0.25) is 5.02 Å². The zero-order chi connectivity index (χ0) is 23.4. The summed E-state index contributed by atoms with van der Waals surface area (Å²) in [6.07, 6.45) is 1.51. The topological polar surface area (TPSA) is 103 Å². The van der Waals surface area contributed by atoms with E-state index in [1.807, 2.05) is 0 Å². The molecule has 168 valence electrons. The second kappa shape index (κ2) is 9.93. The number of thioether (sulfide) groups is 1. The molecule has 0 radical (unpaired) electrons. The van der Waals surface area contributed by atoms with Crippen molar-refractivity contribution in [3.05, 3.63) is 87.6 Å². The van der Waals surface area contributed by atoms with Crippen LogP contribution in [0.5, 0.6) is 5.75 Å². The minimum atomic E-state index is -0.533. The second-order valence-electron chi connectivity index (χ2n) is 6.92. The Morgan fingerprint density at radius 3 is 2.67 bits per heavy atom. The highest BCUT2D eigenvalue weighted by Gasteiger charge is 2.16. The number of imide groups is 1. The molecule has 0 saturated carbocycles. The van der Waals surface area contributed by atoms with Crippen molar-refractivity contribution in [1.82, 2.24) is 14.9 Å². The van der Waals surface area contributed by atoms with Gasteiger partial charge < -0.3 is 9.15 Å². The van der Waals surface area contributed by atoms with Crippen molar-refractivity contribution in [2.45, 2.75) is 11.7 Å². The van der Waals surface area contributed by atoms with Crippen molar-refractivity contribution in [3.8, 4) is 5.75 Å². The standard InChI is InChI=1S/C23H18ClN3O5S/c1-31-16-7-4-14(5-8-16)21(29)26-20(28)13-33-23-25-19-11-15(24)6-9-18(19)22(30)27(23)12-17-3-2-10-32-17/h2-11H,12-13H2,1H3,(H,26,28,29). The van der Waals surface area contributed by atoms with Crippen LogP contribution in [0.1, 0.15) is 16.1 Å². The van der Waals surface area contributed by atoms with Crippen LogP contribution >= 0.6 is 23.4 Å². The van der Waals surface area contributed by atoms with E-state index in [1.54, 1.807) is 54.6 Å². The van der Waals surface area contributed by atoms with Gasteiger partial charge in [-0.2, -0.15) is 0 Å². The van der Waals surface area contributed by atoms with Gasteiger partial charge in [0.15, 0.2) is 5.16 Å². The first-order valence-electron chi connectivity index (χ1n) is 9.78. The molecule has 1 N–H and O–H groups in total. The lowest BCUT2D eigenvalue weighted by Crippen LogP contribution is -2.32. The van der Waals surface area contributed by atoms with Gasteiger partial charge in [-0.15, -0.1) is 0 Å². The van der Waals surface area contributed by atoms with Gasteiger partial charge in [0.2, 0.25) is 5.91 Å². The Hall–Kier alpha value is -3.56. The predicted molar refractivity (Wildman–Crippen MR) is 125 cm³/mol. The number of halogens is 1. The summed E-state index contributed by atoms with van der Waals surface area (Å²) in [6, 6.07) is 14.7. The molecule has 8 nitrogen and oxygen atoms in total. The lowest BCUT2D eigenvalue weighted by Gasteiger charge is -2.12. The predicted octanol–water partition coefficient (Wildman–Crippen LogP) is 3.75. The Morgan fingerprint density at radius 2 is 1.97 bits per heavy atom. The number of nitrogens with zero attached hydrogens (tertiary/aromatic N) is 2. The zero-order valence-electron chi connectivity index (χ0n) is 17.4. The molecule has 0 aliphatic carbocycles. The number of furan rings is 1. The first kappa shape index (κ1) is 22.6. The van der Waals surface area contributed by atoms with E-state index in [0.717, 1.165) is 11.8 Å². The molecule has 0 spiro atoms. The van der Waals surface area contributed by atoms with Crippen molar-refractivity contribution >= 4 is 46.1 Å². The van der Waals surface area contributed by atoms with E-state index in [0.29, 0.717) is 38.2 Å². The number of aromatic nitrogens is 2. The molecule has 33 heavy (non-hydrogen) atoms. The van der Waals surface area contributed by atoms with Gasteiger partial charge in [-0.25, -0.2) is 4.98 Å². The molecular formula is C23H18ClN3O5S. The molecule has 4 aromatic rings. The maximum absolute atomic E-state index is 13.1. The Labute approximate surface area is 197 Å².